The molecular weight excluding hydrogens is 272 g/mol. The van der Waals surface area contributed by atoms with Gasteiger partial charge < -0.3 is 10.0 Å². The Bertz CT molecular complexity index is 760. The molecule has 1 aliphatic heterocycles. The van der Waals surface area contributed by atoms with Crippen LogP contribution in [0.1, 0.15) is 19.4 Å². The van der Waals surface area contributed by atoms with Crippen LogP contribution in [0.15, 0.2) is 65.3 Å². The van der Waals surface area contributed by atoms with Gasteiger partial charge in [-0.3, -0.25) is 4.99 Å². The molecule has 0 aromatic heterocycles. The van der Waals surface area contributed by atoms with Gasteiger partial charge in [0.25, 0.3) is 0 Å². The number of benzene rings is 2. The topological polar surface area (TPSA) is 35.8 Å². The molecule has 0 spiro atoms. The average molecular weight is 292 g/mol. The fourth-order valence-corrected chi connectivity index (χ4v) is 3.07. The number of rotatable bonds is 2. The van der Waals surface area contributed by atoms with Gasteiger partial charge in [-0.1, -0.05) is 38.1 Å². The quantitative estimate of drug-likeness (QED) is 0.832. The summed E-state index contributed by atoms with van der Waals surface area (Å²) in [7, 11) is 2.08. The van der Waals surface area contributed by atoms with E-state index in [4.69, 9.17) is 0 Å². The van der Waals surface area contributed by atoms with Crippen LogP contribution >= 0.6 is 0 Å². The predicted octanol–water partition coefficient (Wildman–Crippen LogP) is 4.41. The van der Waals surface area contributed by atoms with Gasteiger partial charge >= 0.3 is 0 Å². The number of anilines is 1. The molecule has 3 heteroatoms. The summed E-state index contributed by atoms with van der Waals surface area (Å²) >= 11 is 0. The minimum atomic E-state index is -0.0454. The zero-order chi connectivity index (χ0) is 15.7. The fraction of sp³-hybridized carbons (Fsp3) is 0.211. The molecule has 3 rings (SSSR count). The Balaban J connectivity index is 1.92. The third-order valence-corrected chi connectivity index (χ3v) is 4.23. The van der Waals surface area contributed by atoms with Crippen LogP contribution in [-0.2, 0) is 5.41 Å². The van der Waals surface area contributed by atoms with Gasteiger partial charge in [-0.15, -0.1) is 0 Å². The summed E-state index contributed by atoms with van der Waals surface area (Å²) < 4.78 is 0. The molecule has 1 N–H and O–H groups in total. The maximum absolute atomic E-state index is 9.47. The lowest BCUT2D eigenvalue weighted by Crippen LogP contribution is -2.22. The van der Waals surface area contributed by atoms with E-state index in [1.165, 1.54) is 16.9 Å². The van der Waals surface area contributed by atoms with Crippen LogP contribution in [0, 0.1) is 0 Å². The summed E-state index contributed by atoms with van der Waals surface area (Å²) in [6.07, 6.45) is 3.85. The van der Waals surface area contributed by atoms with Crippen LogP contribution < -0.4 is 4.90 Å². The van der Waals surface area contributed by atoms with Gasteiger partial charge in [0.2, 0.25) is 0 Å². The largest absolute Gasteiger partial charge is 0.508 e. The Labute approximate surface area is 131 Å². The summed E-state index contributed by atoms with van der Waals surface area (Å²) in [5, 5.41) is 9.47. The minimum absolute atomic E-state index is 0.0454. The molecule has 0 fully saturated rings. The molecule has 2 aromatic carbocycles. The van der Waals surface area contributed by atoms with Gasteiger partial charge in [0.15, 0.2) is 0 Å². The Morgan fingerprint density at radius 2 is 1.86 bits per heavy atom. The standard InChI is InChI=1S/C19H20N2O/c1-19(2)16-9-4-5-10-17(16)21(3)18(19)11-12-20-14-7-6-8-15(22)13-14/h4-13,22H,1-3H3. The molecule has 0 amide bonds. The highest BCUT2D eigenvalue weighted by Crippen LogP contribution is 2.46. The first-order chi connectivity index (χ1) is 10.5. The molecule has 0 bridgehead atoms. The molecule has 0 unspecified atom stereocenters. The molecule has 3 nitrogen and oxygen atoms in total. The summed E-state index contributed by atoms with van der Waals surface area (Å²) in [5.41, 5.74) is 4.47. The van der Waals surface area contributed by atoms with E-state index < -0.39 is 0 Å². The maximum Gasteiger partial charge on any atom is 0.117 e. The number of hydrogen-bond acceptors (Lipinski definition) is 3. The van der Waals surface area contributed by atoms with Crippen molar-refractivity contribution in [3.8, 4) is 5.75 Å². The maximum atomic E-state index is 9.47. The highest BCUT2D eigenvalue weighted by molar-refractivity contribution is 5.81. The Kier molecular flexibility index (Phi) is 3.49. The van der Waals surface area contributed by atoms with E-state index in [1.807, 2.05) is 12.1 Å². The van der Waals surface area contributed by atoms with Crippen molar-refractivity contribution in [3.63, 3.8) is 0 Å². The van der Waals surface area contributed by atoms with Gasteiger partial charge in [-0.05, 0) is 29.8 Å². The van der Waals surface area contributed by atoms with Gasteiger partial charge in [-0.2, -0.15) is 0 Å². The number of para-hydroxylation sites is 1. The molecule has 0 radical (unpaired) electrons. The zero-order valence-electron chi connectivity index (χ0n) is 13.1. The lowest BCUT2D eigenvalue weighted by molar-refractivity contribution is 0.475. The molecular formula is C19H20N2O. The first-order valence-corrected chi connectivity index (χ1v) is 7.37. The van der Waals surface area contributed by atoms with Gasteiger partial charge in [0.1, 0.15) is 5.75 Å². The smallest absolute Gasteiger partial charge is 0.117 e. The second-order valence-corrected chi connectivity index (χ2v) is 6.05. The molecule has 2 aromatic rings. The van der Waals surface area contributed by atoms with E-state index in [-0.39, 0.29) is 11.2 Å². The number of hydrogen-bond donors (Lipinski definition) is 1. The van der Waals surface area contributed by atoms with Crippen LogP contribution in [0.3, 0.4) is 0 Å². The highest BCUT2D eigenvalue weighted by Gasteiger charge is 2.37. The highest BCUT2D eigenvalue weighted by atomic mass is 16.3. The van der Waals surface area contributed by atoms with Crippen molar-refractivity contribution < 1.29 is 5.11 Å². The summed E-state index contributed by atoms with van der Waals surface area (Å²) in [6, 6.07) is 15.4. The van der Waals surface area contributed by atoms with E-state index >= 15 is 0 Å². The molecule has 0 saturated heterocycles. The second-order valence-electron chi connectivity index (χ2n) is 6.05. The number of allylic oxidation sites excluding steroid dienone is 2. The first kappa shape index (κ1) is 14.4. The van der Waals surface area contributed by atoms with Crippen molar-refractivity contribution in [2.75, 3.05) is 11.9 Å². The molecule has 0 saturated carbocycles. The summed E-state index contributed by atoms with van der Waals surface area (Å²) in [6.45, 7) is 4.45. The van der Waals surface area contributed by atoms with Crippen molar-refractivity contribution in [1.82, 2.24) is 0 Å². The Morgan fingerprint density at radius 3 is 2.59 bits per heavy atom. The van der Waals surface area contributed by atoms with Gasteiger partial charge in [0.05, 0.1) is 5.69 Å². The van der Waals surface area contributed by atoms with Crippen molar-refractivity contribution in [3.05, 3.63) is 65.9 Å². The van der Waals surface area contributed by atoms with E-state index in [1.54, 1.807) is 24.4 Å². The summed E-state index contributed by atoms with van der Waals surface area (Å²) in [4.78, 5) is 6.62. The predicted molar refractivity (Wildman–Crippen MR) is 92.2 cm³/mol. The van der Waals surface area contributed by atoms with Crippen LogP contribution in [-0.4, -0.2) is 18.4 Å². The molecule has 22 heavy (non-hydrogen) atoms. The molecule has 0 atom stereocenters. The SMILES string of the molecule is CN1C(=CC=Nc2cccc(O)c2)C(C)(C)c2ccccc21. The Morgan fingerprint density at radius 1 is 1.09 bits per heavy atom. The van der Waals surface area contributed by atoms with Crippen molar-refractivity contribution in [2.45, 2.75) is 19.3 Å². The minimum Gasteiger partial charge on any atom is -0.508 e. The number of phenols is 1. The number of likely N-dealkylation sites (N-methyl/N-ethyl adjacent to an activating group) is 1. The van der Waals surface area contributed by atoms with Crippen LogP contribution in [0.4, 0.5) is 11.4 Å². The summed E-state index contributed by atoms with van der Waals surface area (Å²) in [5.74, 6) is 0.230. The van der Waals surface area contributed by atoms with E-state index in [0.717, 1.165) is 5.69 Å². The molecule has 1 aliphatic rings. The lowest BCUT2D eigenvalue weighted by atomic mass is 9.84. The number of aliphatic imine (C=N–C) groups is 1. The second kappa shape index (κ2) is 5.34. The number of fused-ring (bicyclic) bond motifs is 1. The third kappa shape index (κ3) is 2.39. The van der Waals surface area contributed by atoms with Crippen LogP contribution in [0.2, 0.25) is 0 Å². The average Bonchev–Trinajstić information content (AvgIpc) is 2.69. The van der Waals surface area contributed by atoms with E-state index in [2.05, 4.69) is 55.1 Å². The van der Waals surface area contributed by atoms with Crippen LogP contribution in [0.25, 0.3) is 0 Å². The van der Waals surface area contributed by atoms with Crippen molar-refractivity contribution >= 4 is 17.6 Å². The lowest BCUT2D eigenvalue weighted by Gasteiger charge is -2.23. The van der Waals surface area contributed by atoms with Crippen molar-refractivity contribution in [1.29, 1.82) is 0 Å². The van der Waals surface area contributed by atoms with Crippen molar-refractivity contribution in [2.24, 2.45) is 4.99 Å². The van der Waals surface area contributed by atoms with Gasteiger partial charge in [-0.25, -0.2) is 0 Å². The zero-order valence-corrected chi connectivity index (χ0v) is 13.1. The number of nitrogens with zero attached hydrogens (tertiary/aromatic N) is 2. The monoisotopic (exact) mass is 292 g/mol. The van der Waals surface area contributed by atoms with E-state index in [9.17, 15) is 5.11 Å². The molecule has 0 aliphatic carbocycles. The number of phenolic OH excluding ortho intramolecular Hbond substituents is 1. The third-order valence-electron chi connectivity index (χ3n) is 4.23. The molecule has 1 heterocycles. The first-order valence-electron chi connectivity index (χ1n) is 7.37. The van der Waals surface area contributed by atoms with E-state index in [0.29, 0.717) is 0 Å². The fourth-order valence-electron chi connectivity index (χ4n) is 3.07. The molecule has 112 valence electrons. The normalized spacial score (nSPS) is 18.1. The number of aromatic hydroxyl groups is 1. The van der Waals surface area contributed by atoms with Crippen LogP contribution in [0.5, 0.6) is 5.75 Å². The van der Waals surface area contributed by atoms with Gasteiger partial charge in [0, 0.05) is 36.1 Å². The Hall–Kier alpha value is -2.55.